The van der Waals surface area contributed by atoms with E-state index in [-0.39, 0.29) is 0 Å². The Balaban J connectivity index is 3.35. The third kappa shape index (κ3) is 3.31. The van der Waals surface area contributed by atoms with Crippen LogP contribution in [0.3, 0.4) is 0 Å². The molecule has 4 nitrogen and oxygen atoms in total. The zero-order chi connectivity index (χ0) is 13.4. The Morgan fingerprint density at radius 3 is 2.24 bits per heavy atom. The highest BCUT2D eigenvalue weighted by Crippen LogP contribution is 2.32. The van der Waals surface area contributed by atoms with E-state index in [1.165, 1.54) is 0 Å². The quantitative estimate of drug-likeness (QED) is 0.654. The molecule has 0 saturated heterocycles. The molecule has 0 fully saturated rings. The molecule has 0 aliphatic rings. The van der Waals surface area contributed by atoms with E-state index in [2.05, 4.69) is 5.14 Å². The van der Waals surface area contributed by atoms with Crippen molar-refractivity contribution >= 4 is 21.2 Å². The van der Waals surface area contributed by atoms with Gasteiger partial charge in [-0.2, -0.15) is 0 Å². The van der Waals surface area contributed by atoms with Crippen LogP contribution in [0, 0.1) is 5.82 Å². The summed E-state index contributed by atoms with van der Waals surface area (Å²) in [5.41, 5.74) is -5.18. The Morgan fingerprint density at radius 1 is 1.29 bits per heavy atom. The lowest BCUT2D eigenvalue weighted by molar-refractivity contribution is -0.0437. The van der Waals surface area contributed by atoms with E-state index >= 15 is 0 Å². The molecule has 0 aliphatic carbocycles. The molecular weight excluding hydrogens is 286 g/mol. The fourth-order valence-corrected chi connectivity index (χ4v) is 2.27. The maximum Gasteiger partial charge on any atom is 0.578 e. The number of sulfonamides is 1. The summed E-state index contributed by atoms with van der Waals surface area (Å²) in [5.74, 6) is -1.42. The van der Waals surface area contributed by atoms with Crippen molar-refractivity contribution in [2.24, 2.45) is 5.14 Å². The van der Waals surface area contributed by atoms with E-state index in [9.17, 15) is 30.5 Å². The first-order valence-corrected chi connectivity index (χ1v) is 6.54. The first-order valence-electron chi connectivity index (χ1n) is 3.84. The van der Waals surface area contributed by atoms with Crippen LogP contribution in [0.15, 0.2) is 28.0 Å². The second kappa shape index (κ2) is 4.44. The lowest BCUT2D eigenvalue weighted by Gasteiger charge is -2.13. The molecule has 17 heavy (non-hydrogen) atoms. The average molecular weight is 291 g/mol. The molecule has 1 aromatic rings. The lowest BCUT2D eigenvalue weighted by atomic mass is 10.3. The molecule has 0 aromatic heterocycles. The fourth-order valence-electron chi connectivity index (χ4n) is 0.927. The summed E-state index contributed by atoms with van der Waals surface area (Å²) in [4.78, 5) is -2.02. The Labute approximate surface area is 96.7 Å². The van der Waals surface area contributed by atoms with E-state index < -0.39 is 42.3 Å². The van der Waals surface area contributed by atoms with Crippen LogP contribution >= 0.6 is 0 Å². The number of primary sulfonamides is 1. The van der Waals surface area contributed by atoms with Crippen LogP contribution in [0.1, 0.15) is 0 Å². The highest BCUT2D eigenvalue weighted by Gasteiger charge is 2.47. The third-order valence-electron chi connectivity index (χ3n) is 1.64. The summed E-state index contributed by atoms with van der Waals surface area (Å²) in [6.07, 6.45) is 0. The van der Waals surface area contributed by atoms with Crippen LogP contribution in [0.4, 0.5) is 17.6 Å². The van der Waals surface area contributed by atoms with Crippen molar-refractivity contribution in [3.05, 3.63) is 24.0 Å². The van der Waals surface area contributed by atoms with Gasteiger partial charge >= 0.3 is 5.51 Å². The Hall–Kier alpha value is -0.840. The van der Waals surface area contributed by atoms with Crippen LogP contribution in [0.25, 0.3) is 0 Å². The molecule has 0 spiro atoms. The van der Waals surface area contributed by atoms with Crippen LogP contribution in [-0.4, -0.2) is 18.5 Å². The summed E-state index contributed by atoms with van der Waals surface area (Å²) < 4.78 is 81.9. The summed E-state index contributed by atoms with van der Waals surface area (Å²) in [6.45, 7) is 0. The van der Waals surface area contributed by atoms with Crippen LogP contribution in [0.5, 0.6) is 0 Å². The maximum absolute atomic E-state index is 13.0. The van der Waals surface area contributed by atoms with E-state index in [4.69, 9.17) is 0 Å². The minimum Gasteiger partial charge on any atom is -0.604 e. The van der Waals surface area contributed by atoms with Crippen LogP contribution in [-0.2, 0) is 21.2 Å². The van der Waals surface area contributed by atoms with Gasteiger partial charge in [0, 0.05) is 6.07 Å². The highest BCUT2D eigenvalue weighted by molar-refractivity contribution is 7.92. The summed E-state index contributed by atoms with van der Waals surface area (Å²) in [5, 5.41) is 4.65. The SMILES string of the molecule is NS(=O)(=O)c1ccc(F)c([S+]([O-])C(F)(F)F)c1. The van der Waals surface area contributed by atoms with E-state index in [0.717, 1.165) is 0 Å². The molecule has 1 unspecified atom stereocenters. The van der Waals surface area contributed by atoms with Gasteiger partial charge in [0.1, 0.15) is 11.2 Å². The molecule has 0 heterocycles. The molecule has 10 heteroatoms. The predicted octanol–water partition coefficient (Wildman–Crippen LogP) is 1.10. The van der Waals surface area contributed by atoms with Gasteiger partial charge in [-0.25, -0.2) is 17.9 Å². The second-order valence-electron chi connectivity index (χ2n) is 2.85. The van der Waals surface area contributed by atoms with Crippen molar-refractivity contribution in [1.82, 2.24) is 0 Å². The van der Waals surface area contributed by atoms with Crippen LogP contribution < -0.4 is 5.14 Å². The van der Waals surface area contributed by atoms with Gasteiger partial charge in [0.05, 0.1) is 4.90 Å². The Kier molecular flexibility index (Phi) is 3.72. The van der Waals surface area contributed by atoms with Crippen molar-refractivity contribution < 1.29 is 30.5 Å². The van der Waals surface area contributed by atoms with Gasteiger partial charge in [-0.05, 0) is 12.1 Å². The minimum absolute atomic E-state index is 0.300. The largest absolute Gasteiger partial charge is 0.604 e. The topological polar surface area (TPSA) is 83.2 Å². The third-order valence-corrected chi connectivity index (χ3v) is 3.68. The molecule has 1 aromatic carbocycles. The number of alkyl halides is 3. The van der Waals surface area contributed by atoms with E-state index in [1.54, 1.807) is 0 Å². The maximum atomic E-state index is 13.0. The van der Waals surface area contributed by atoms with E-state index in [1.807, 2.05) is 0 Å². The summed E-state index contributed by atoms with van der Waals surface area (Å²) in [7, 11) is -4.29. The summed E-state index contributed by atoms with van der Waals surface area (Å²) >= 11 is -3.65. The van der Waals surface area contributed by atoms with Crippen molar-refractivity contribution in [1.29, 1.82) is 0 Å². The number of rotatable bonds is 2. The number of nitrogens with two attached hydrogens (primary N) is 1. The average Bonchev–Trinajstić information content (AvgIpc) is 2.14. The zero-order valence-corrected chi connectivity index (χ0v) is 9.50. The first-order chi connectivity index (χ1) is 7.53. The van der Waals surface area contributed by atoms with Gasteiger partial charge in [0.15, 0.2) is 10.7 Å². The zero-order valence-electron chi connectivity index (χ0n) is 7.86. The van der Waals surface area contributed by atoms with Gasteiger partial charge in [-0.3, -0.25) is 0 Å². The number of benzene rings is 1. The van der Waals surface area contributed by atoms with Crippen LogP contribution in [0.2, 0.25) is 0 Å². The molecule has 0 amide bonds. The second-order valence-corrected chi connectivity index (χ2v) is 5.85. The lowest BCUT2D eigenvalue weighted by Crippen LogP contribution is -2.25. The summed E-state index contributed by atoms with van der Waals surface area (Å²) in [6, 6.07) is 1.44. The van der Waals surface area contributed by atoms with Crippen molar-refractivity contribution in [3.63, 3.8) is 0 Å². The smallest absolute Gasteiger partial charge is 0.578 e. The molecular formula is C7H5F4NO3S2. The van der Waals surface area contributed by atoms with E-state index in [0.29, 0.717) is 18.2 Å². The van der Waals surface area contributed by atoms with Gasteiger partial charge in [-0.15, -0.1) is 13.2 Å². The highest BCUT2D eigenvalue weighted by atomic mass is 32.2. The van der Waals surface area contributed by atoms with Crippen molar-refractivity contribution in [2.75, 3.05) is 0 Å². The molecule has 2 N–H and O–H groups in total. The fraction of sp³-hybridized carbons (Fsp3) is 0.143. The molecule has 0 aliphatic heterocycles. The molecule has 1 rings (SSSR count). The van der Waals surface area contributed by atoms with Gasteiger partial charge in [0.25, 0.3) is 0 Å². The first kappa shape index (κ1) is 14.2. The number of halogens is 4. The van der Waals surface area contributed by atoms with Crippen molar-refractivity contribution in [3.8, 4) is 0 Å². The molecule has 96 valence electrons. The monoisotopic (exact) mass is 291 g/mol. The van der Waals surface area contributed by atoms with Gasteiger partial charge in [-0.1, -0.05) is 0 Å². The number of hydrogen-bond donors (Lipinski definition) is 1. The van der Waals surface area contributed by atoms with Gasteiger partial charge < -0.3 is 4.55 Å². The molecule has 0 saturated carbocycles. The Morgan fingerprint density at radius 2 is 1.82 bits per heavy atom. The molecule has 1 atom stereocenters. The van der Waals surface area contributed by atoms with Gasteiger partial charge in [0.2, 0.25) is 10.0 Å². The molecule has 0 bridgehead atoms. The molecule has 0 radical (unpaired) electrons. The minimum atomic E-state index is -5.18. The standard InChI is InChI=1S/C7H5F4NO3S2/c8-5-2-1-4(17(12,14)15)3-6(5)16(13)7(9,10)11/h1-3H,(H2,12,14,15). The number of hydrogen-bond acceptors (Lipinski definition) is 3. The van der Waals surface area contributed by atoms with Crippen molar-refractivity contribution in [2.45, 2.75) is 15.3 Å². The Bertz CT molecular complexity index is 528. The normalized spacial score (nSPS) is 14.7. The predicted molar refractivity (Wildman–Crippen MR) is 50.2 cm³/mol.